The second-order valence-electron chi connectivity index (χ2n) is 6.39. The molecular formula is C17H28N4O2. The normalized spacial score (nSPS) is 18.8. The number of rotatable bonds is 7. The molecule has 2 rings (SSSR count). The number of aromatic nitrogens is 1. The van der Waals surface area contributed by atoms with E-state index in [9.17, 15) is 4.79 Å². The van der Waals surface area contributed by atoms with Crippen molar-refractivity contribution in [3.05, 3.63) is 30.1 Å². The van der Waals surface area contributed by atoms with Gasteiger partial charge in [-0.2, -0.15) is 0 Å². The van der Waals surface area contributed by atoms with Crippen molar-refractivity contribution in [3.8, 4) is 0 Å². The lowest BCUT2D eigenvalue weighted by Gasteiger charge is -2.33. The molecule has 0 aliphatic carbocycles. The van der Waals surface area contributed by atoms with Gasteiger partial charge in [-0.05, 0) is 30.0 Å². The van der Waals surface area contributed by atoms with Crippen molar-refractivity contribution in [3.63, 3.8) is 0 Å². The SMILES string of the molecule is CC(C)CN1CCOC(CNC(=O)NCCc2ccncc2)C1. The largest absolute Gasteiger partial charge is 0.374 e. The van der Waals surface area contributed by atoms with Gasteiger partial charge in [0.15, 0.2) is 0 Å². The van der Waals surface area contributed by atoms with Gasteiger partial charge in [0.25, 0.3) is 0 Å². The number of amides is 2. The summed E-state index contributed by atoms with van der Waals surface area (Å²) in [5.74, 6) is 0.651. The van der Waals surface area contributed by atoms with Crippen LogP contribution in [0.3, 0.4) is 0 Å². The van der Waals surface area contributed by atoms with Gasteiger partial charge in [-0.1, -0.05) is 13.8 Å². The second-order valence-corrected chi connectivity index (χ2v) is 6.39. The summed E-state index contributed by atoms with van der Waals surface area (Å²) in [4.78, 5) is 18.2. The number of carbonyl (C=O) groups is 1. The van der Waals surface area contributed by atoms with Gasteiger partial charge in [0.1, 0.15) is 0 Å². The van der Waals surface area contributed by atoms with Crippen molar-refractivity contribution in [2.45, 2.75) is 26.4 Å². The van der Waals surface area contributed by atoms with Crippen molar-refractivity contribution in [1.82, 2.24) is 20.5 Å². The highest BCUT2D eigenvalue weighted by atomic mass is 16.5. The monoisotopic (exact) mass is 320 g/mol. The number of pyridine rings is 1. The van der Waals surface area contributed by atoms with E-state index in [4.69, 9.17) is 4.74 Å². The molecule has 1 unspecified atom stereocenters. The number of urea groups is 1. The smallest absolute Gasteiger partial charge is 0.314 e. The molecule has 1 aromatic heterocycles. The van der Waals surface area contributed by atoms with E-state index in [1.807, 2.05) is 12.1 Å². The van der Waals surface area contributed by atoms with E-state index in [1.165, 1.54) is 5.56 Å². The van der Waals surface area contributed by atoms with Gasteiger partial charge in [0.2, 0.25) is 0 Å². The van der Waals surface area contributed by atoms with Crippen LogP contribution in [0.5, 0.6) is 0 Å². The number of hydrogen-bond acceptors (Lipinski definition) is 4. The van der Waals surface area contributed by atoms with Gasteiger partial charge in [0, 0.05) is 45.1 Å². The van der Waals surface area contributed by atoms with Gasteiger partial charge >= 0.3 is 6.03 Å². The molecule has 1 aliphatic heterocycles. The van der Waals surface area contributed by atoms with Gasteiger partial charge in [0.05, 0.1) is 12.7 Å². The second kappa shape index (κ2) is 9.47. The van der Waals surface area contributed by atoms with Crippen LogP contribution in [0.1, 0.15) is 19.4 Å². The molecule has 1 saturated heterocycles. The summed E-state index contributed by atoms with van der Waals surface area (Å²) in [5, 5.41) is 5.77. The van der Waals surface area contributed by atoms with Crippen LogP contribution < -0.4 is 10.6 Å². The van der Waals surface area contributed by atoms with Crippen LogP contribution in [0.4, 0.5) is 4.79 Å². The minimum atomic E-state index is -0.136. The first kappa shape index (κ1) is 17.7. The van der Waals surface area contributed by atoms with Crippen LogP contribution in [-0.2, 0) is 11.2 Å². The quantitative estimate of drug-likeness (QED) is 0.794. The molecule has 1 aromatic rings. The lowest BCUT2D eigenvalue weighted by Crippen LogP contribution is -2.49. The predicted molar refractivity (Wildman–Crippen MR) is 90.4 cm³/mol. The third-order valence-corrected chi connectivity index (χ3v) is 3.79. The molecule has 0 radical (unpaired) electrons. The summed E-state index contributed by atoms with van der Waals surface area (Å²) < 4.78 is 5.72. The Morgan fingerprint density at radius 1 is 1.39 bits per heavy atom. The molecule has 6 nitrogen and oxygen atoms in total. The zero-order chi connectivity index (χ0) is 16.5. The maximum Gasteiger partial charge on any atom is 0.314 e. The summed E-state index contributed by atoms with van der Waals surface area (Å²) >= 11 is 0. The molecule has 128 valence electrons. The average Bonchev–Trinajstić information content (AvgIpc) is 2.54. The van der Waals surface area contributed by atoms with E-state index in [0.717, 1.165) is 32.7 Å². The Morgan fingerprint density at radius 3 is 2.91 bits per heavy atom. The number of morpholine rings is 1. The summed E-state index contributed by atoms with van der Waals surface area (Å²) in [7, 11) is 0. The lowest BCUT2D eigenvalue weighted by atomic mass is 10.2. The van der Waals surface area contributed by atoms with Crippen molar-refractivity contribution >= 4 is 6.03 Å². The van der Waals surface area contributed by atoms with E-state index in [2.05, 4.69) is 34.4 Å². The molecule has 2 N–H and O–H groups in total. The van der Waals surface area contributed by atoms with Crippen LogP contribution >= 0.6 is 0 Å². The summed E-state index contributed by atoms with van der Waals surface area (Å²) in [6.45, 7) is 9.29. The molecule has 0 saturated carbocycles. The fourth-order valence-corrected chi connectivity index (χ4v) is 2.72. The Labute approximate surface area is 138 Å². The lowest BCUT2D eigenvalue weighted by molar-refractivity contribution is -0.0290. The molecule has 2 amide bonds. The Hall–Kier alpha value is -1.66. The van der Waals surface area contributed by atoms with Crippen LogP contribution in [0.25, 0.3) is 0 Å². The van der Waals surface area contributed by atoms with E-state index in [0.29, 0.717) is 19.0 Å². The van der Waals surface area contributed by atoms with Crippen LogP contribution in [-0.4, -0.2) is 61.3 Å². The van der Waals surface area contributed by atoms with E-state index in [1.54, 1.807) is 12.4 Å². The standard InChI is InChI=1S/C17H28N4O2/c1-14(2)12-21-9-10-23-16(13-21)11-20-17(22)19-8-5-15-3-6-18-7-4-15/h3-4,6-7,14,16H,5,8-13H2,1-2H3,(H2,19,20,22). The van der Waals surface area contributed by atoms with Gasteiger partial charge in [-0.25, -0.2) is 4.79 Å². The zero-order valence-corrected chi connectivity index (χ0v) is 14.1. The van der Waals surface area contributed by atoms with Gasteiger partial charge in [-0.3, -0.25) is 9.88 Å². The summed E-state index contributed by atoms with van der Waals surface area (Å²) in [6, 6.07) is 3.78. The van der Waals surface area contributed by atoms with E-state index >= 15 is 0 Å². The Balaban J connectivity index is 1.60. The highest BCUT2D eigenvalue weighted by Crippen LogP contribution is 2.07. The molecular weight excluding hydrogens is 292 g/mol. The van der Waals surface area contributed by atoms with Crippen LogP contribution in [0, 0.1) is 5.92 Å². The Bertz CT molecular complexity index is 467. The molecule has 6 heteroatoms. The molecule has 0 bridgehead atoms. The predicted octanol–water partition coefficient (Wildman–Crippen LogP) is 1.28. The highest BCUT2D eigenvalue weighted by Gasteiger charge is 2.21. The molecule has 1 atom stereocenters. The third kappa shape index (κ3) is 6.97. The molecule has 1 fully saturated rings. The first-order chi connectivity index (χ1) is 11.1. The Kier molecular flexibility index (Phi) is 7.29. The topological polar surface area (TPSA) is 66.5 Å². The van der Waals surface area contributed by atoms with Crippen molar-refractivity contribution in [2.75, 3.05) is 39.3 Å². The first-order valence-corrected chi connectivity index (χ1v) is 8.38. The minimum Gasteiger partial charge on any atom is -0.374 e. The molecule has 23 heavy (non-hydrogen) atoms. The number of carbonyl (C=O) groups excluding carboxylic acids is 1. The molecule has 0 aromatic carbocycles. The van der Waals surface area contributed by atoms with Crippen molar-refractivity contribution in [1.29, 1.82) is 0 Å². The highest BCUT2D eigenvalue weighted by molar-refractivity contribution is 5.73. The fourth-order valence-electron chi connectivity index (χ4n) is 2.72. The summed E-state index contributed by atoms with van der Waals surface area (Å²) in [6.07, 6.45) is 4.41. The maximum atomic E-state index is 11.8. The third-order valence-electron chi connectivity index (χ3n) is 3.79. The minimum absolute atomic E-state index is 0.0773. The molecule has 0 spiro atoms. The van der Waals surface area contributed by atoms with Crippen LogP contribution in [0.2, 0.25) is 0 Å². The van der Waals surface area contributed by atoms with E-state index < -0.39 is 0 Å². The number of hydrogen-bond donors (Lipinski definition) is 2. The first-order valence-electron chi connectivity index (χ1n) is 8.38. The van der Waals surface area contributed by atoms with Crippen molar-refractivity contribution < 1.29 is 9.53 Å². The van der Waals surface area contributed by atoms with Gasteiger partial charge in [-0.15, -0.1) is 0 Å². The van der Waals surface area contributed by atoms with Crippen molar-refractivity contribution in [2.24, 2.45) is 5.92 Å². The molecule has 2 heterocycles. The summed E-state index contributed by atoms with van der Waals surface area (Å²) in [5.41, 5.74) is 1.17. The Morgan fingerprint density at radius 2 is 2.17 bits per heavy atom. The number of nitrogens with one attached hydrogen (secondary N) is 2. The van der Waals surface area contributed by atoms with E-state index in [-0.39, 0.29) is 12.1 Å². The number of nitrogens with zero attached hydrogens (tertiary/aromatic N) is 2. The fraction of sp³-hybridized carbons (Fsp3) is 0.647. The maximum absolute atomic E-state index is 11.8. The zero-order valence-electron chi connectivity index (χ0n) is 14.1. The molecule has 1 aliphatic rings. The average molecular weight is 320 g/mol. The number of ether oxygens (including phenoxy) is 1. The van der Waals surface area contributed by atoms with Gasteiger partial charge < -0.3 is 15.4 Å². The van der Waals surface area contributed by atoms with Crippen LogP contribution in [0.15, 0.2) is 24.5 Å².